The van der Waals surface area contributed by atoms with E-state index in [1.807, 2.05) is 0 Å². The summed E-state index contributed by atoms with van der Waals surface area (Å²) in [5, 5.41) is 3.80. The molecule has 1 N–H and O–H groups in total. The molecule has 0 amide bonds. The molecule has 0 spiro atoms. The summed E-state index contributed by atoms with van der Waals surface area (Å²) in [4.78, 5) is 0. The molecule has 0 saturated heterocycles. The lowest BCUT2D eigenvalue weighted by Crippen LogP contribution is -2.39. The highest BCUT2D eigenvalue weighted by Gasteiger charge is 2.46. The van der Waals surface area contributed by atoms with Gasteiger partial charge in [0.2, 0.25) is 0 Å². The minimum atomic E-state index is 0.483. The molecule has 3 saturated carbocycles. The van der Waals surface area contributed by atoms with Crippen LogP contribution < -0.4 is 5.32 Å². The minimum Gasteiger partial charge on any atom is -0.314 e. The van der Waals surface area contributed by atoms with Crippen LogP contribution in [-0.4, -0.2) is 12.6 Å². The second-order valence-electron chi connectivity index (χ2n) is 7.99. The Hall–Kier alpha value is -0.0400. The summed E-state index contributed by atoms with van der Waals surface area (Å²) in [6.07, 6.45) is 9.01. The molecule has 4 unspecified atom stereocenters. The Morgan fingerprint density at radius 2 is 1.82 bits per heavy atom. The standard InChI is InChI=1S/C16H29N/c1-16(2,3)15(10-17-13-6-7-13)14-9-11-4-5-12(14)8-11/h11-15,17H,4-10H2,1-3H3. The van der Waals surface area contributed by atoms with Crippen LogP contribution in [0.2, 0.25) is 0 Å². The largest absolute Gasteiger partial charge is 0.314 e. The van der Waals surface area contributed by atoms with Crippen LogP contribution in [0.1, 0.15) is 59.3 Å². The molecule has 1 heteroatoms. The molecule has 0 aromatic carbocycles. The molecule has 0 radical (unpaired) electrons. The first-order chi connectivity index (χ1) is 8.04. The van der Waals surface area contributed by atoms with Crippen molar-refractivity contribution in [3.63, 3.8) is 0 Å². The van der Waals surface area contributed by atoms with E-state index >= 15 is 0 Å². The fourth-order valence-corrected chi connectivity index (χ4v) is 4.47. The van der Waals surface area contributed by atoms with Crippen molar-refractivity contribution in [3.05, 3.63) is 0 Å². The molecule has 0 aromatic heterocycles. The van der Waals surface area contributed by atoms with Crippen molar-refractivity contribution in [1.29, 1.82) is 0 Å². The number of hydrogen-bond donors (Lipinski definition) is 1. The number of hydrogen-bond acceptors (Lipinski definition) is 1. The average Bonchev–Trinajstić information content (AvgIpc) is 2.83. The van der Waals surface area contributed by atoms with Crippen LogP contribution in [0.5, 0.6) is 0 Å². The van der Waals surface area contributed by atoms with Crippen LogP contribution in [0.25, 0.3) is 0 Å². The maximum Gasteiger partial charge on any atom is 0.00683 e. The number of nitrogens with one attached hydrogen (secondary N) is 1. The molecule has 1 nitrogen and oxygen atoms in total. The second-order valence-corrected chi connectivity index (χ2v) is 7.99. The molecule has 3 aliphatic rings. The lowest BCUT2D eigenvalue weighted by Gasteiger charge is -2.39. The van der Waals surface area contributed by atoms with Gasteiger partial charge in [-0.15, -0.1) is 0 Å². The molecule has 4 atom stereocenters. The number of fused-ring (bicyclic) bond motifs is 2. The van der Waals surface area contributed by atoms with Crippen molar-refractivity contribution in [2.45, 2.75) is 65.3 Å². The fourth-order valence-electron chi connectivity index (χ4n) is 4.47. The first-order valence-electron chi connectivity index (χ1n) is 7.77. The van der Waals surface area contributed by atoms with E-state index in [-0.39, 0.29) is 0 Å². The zero-order valence-corrected chi connectivity index (χ0v) is 11.8. The first kappa shape index (κ1) is 12.0. The van der Waals surface area contributed by atoms with Gasteiger partial charge in [0.25, 0.3) is 0 Å². The Bertz CT molecular complexity index is 274. The van der Waals surface area contributed by atoms with E-state index in [1.54, 1.807) is 12.8 Å². The van der Waals surface area contributed by atoms with Crippen LogP contribution in [0.3, 0.4) is 0 Å². The van der Waals surface area contributed by atoms with Gasteiger partial charge in [0.15, 0.2) is 0 Å². The van der Waals surface area contributed by atoms with Crippen molar-refractivity contribution in [1.82, 2.24) is 5.32 Å². The zero-order chi connectivity index (χ0) is 12.0. The highest BCUT2D eigenvalue weighted by Crippen LogP contribution is 2.54. The van der Waals surface area contributed by atoms with Gasteiger partial charge in [0.1, 0.15) is 0 Å². The summed E-state index contributed by atoms with van der Waals surface area (Å²) in [5.74, 6) is 4.10. The van der Waals surface area contributed by atoms with Crippen LogP contribution in [0.4, 0.5) is 0 Å². The Kier molecular flexibility index (Phi) is 3.01. The molecule has 2 bridgehead atoms. The second kappa shape index (κ2) is 4.26. The van der Waals surface area contributed by atoms with Gasteiger partial charge in [-0.1, -0.05) is 27.2 Å². The maximum atomic E-state index is 3.80. The summed E-state index contributed by atoms with van der Waals surface area (Å²) < 4.78 is 0. The van der Waals surface area contributed by atoms with E-state index in [4.69, 9.17) is 0 Å². The minimum absolute atomic E-state index is 0.483. The van der Waals surface area contributed by atoms with Gasteiger partial charge >= 0.3 is 0 Å². The molecular weight excluding hydrogens is 206 g/mol. The van der Waals surface area contributed by atoms with Gasteiger partial charge in [0, 0.05) is 6.04 Å². The molecule has 17 heavy (non-hydrogen) atoms. The van der Waals surface area contributed by atoms with E-state index in [1.165, 1.54) is 32.2 Å². The Morgan fingerprint density at radius 3 is 2.29 bits per heavy atom. The van der Waals surface area contributed by atoms with Crippen molar-refractivity contribution < 1.29 is 0 Å². The predicted molar refractivity (Wildman–Crippen MR) is 72.9 cm³/mol. The van der Waals surface area contributed by atoms with Gasteiger partial charge in [-0.05, 0) is 67.7 Å². The SMILES string of the molecule is CC(C)(C)C(CNC1CC1)C1CC2CCC1C2. The van der Waals surface area contributed by atoms with E-state index in [9.17, 15) is 0 Å². The van der Waals surface area contributed by atoms with Crippen molar-refractivity contribution in [2.75, 3.05) is 6.54 Å². The molecule has 98 valence electrons. The monoisotopic (exact) mass is 235 g/mol. The van der Waals surface area contributed by atoms with E-state index in [0.717, 1.165) is 29.7 Å². The Balaban J connectivity index is 1.65. The van der Waals surface area contributed by atoms with E-state index < -0.39 is 0 Å². The quantitative estimate of drug-likeness (QED) is 0.781. The van der Waals surface area contributed by atoms with E-state index in [0.29, 0.717) is 5.41 Å². The summed E-state index contributed by atoms with van der Waals surface area (Å²) in [7, 11) is 0. The summed E-state index contributed by atoms with van der Waals surface area (Å²) in [6, 6.07) is 0.874. The van der Waals surface area contributed by atoms with Gasteiger partial charge in [-0.2, -0.15) is 0 Å². The van der Waals surface area contributed by atoms with Crippen LogP contribution >= 0.6 is 0 Å². The topological polar surface area (TPSA) is 12.0 Å². The molecule has 0 aromatic rings. The van der Waals surface area contributed by atoms with Gasteiger partial charge in [-0.3, -0.25) is 0 Å². The third-order valence-electron chi connectivity index (χ3n) is 5.63. The van der Waals surface area contributed by atoms with Crippen LogP contribution in [0, 0.1) is 29.1 Å². The highest BCUT2D eigenvalue weighted by atomic mass is 15.0. The highest BCUT2D eigenvalue weighted by molar-refractivity contribution is 4.97. The van der Waals surface area contributed by atoms with Crippen molar-refractivity contribution in [3.8, 4) is 0 Å². The summed E-state index contributed by atoms with van der Waals surface area (Å²) >= 11 is 0. The van der Waals surface area contributed by atoms with E-state index in [2.05, 4.69) is 26.1 Å². The smallest absolute Gasteiger partial charge is 0.00683 e. The zero-order valence-electron chi connectivity index (χ0n) is 11.8. The van der Waals surface area contributed by atoms with Crippen molar-refractivity contribution in [2.24, 2.45) is 29.1 Å². The molecule has 3 fully saturated rings. The Morgan fingerprint density at radius 1 is 1.06 bits per heavy atom. The third kappa shape index (κ3) is 2.54. The van der Waals surface area contributed by atoms with Gasteiger partial charge < -0.3 is 5.32 Å². The summed E-state index contributed by atoms with van der Waals surface area (Å²) in [5.41, 5.74) is 0.483. The van der Waals surface area contributed by atoms with Crippen LogP contribution in [0.15, 0.2) is 0 Å². The lowest BCUT2D eigenvalue weighted by molar-refractivity contribution is 0.109. The summed E-state index contributed by atoms with van der Waals surface area (Å²) in [6.45, 7) is 8.65. The maximum absolute atomic E-state index is 3.80. The van der Waals surface area contributed by atoms with Gasteiger partial charge in [-0.25, -0.2) is 0 Å². The Labute approximate surface area is 107 Å². The third-order valence-corrected chi connectivity index (χ3v) is 5.63. The van der Waals surface area contributed by atoms with Gasteiger partial charge in [0.05, 0.1) is 0 Å². The lowest BCUT2D eigenvalue weighted by atomic mass is 9.67. The number of rotatable bonds is 4. The molecule has 0 heterocycles. The average molecular weight is 235 g/mol. The molecule has 3 rings (SSSR count). The molecule has 0 aliphatic heterocycles. The normalized spacial score (nSPS) is 38.6. The predicted octanol–water partition coefficient (Wildman–Crippen LogP) is 3.84. The molecular formula is C16H29N. The van der Waals surface area contributed by atoms with Crippen molar-refractivity contribution >= 4 is 0 Å². The first-order valence-corrected chi connectivity index (χ1v) is 7.77. The fraction of sp³-hybridized carbons (Fsp3) is 1.00. The van der Waals surface area contributed by atoms with Crippen LogP contribution in [-0.2, 0) is 0 Å². The molecule has 3 aliphatic carbocycles.